The average Bonchev–Trinajstić information content (AvgIpc) is 2.75. The lowest BCUT2D eigenvalue weighted by molar-refractivity contribution is -0.160. The van der Waals surface area contributed by atoms with E-state index < -0.39 is 29.4 Å². The first-order chi connectivity index (χ1) is 17.5. The molecule has 0 aliphatic heterocycles. The van der Waals surface area contributed by atoms with Crippen LogP contribution in [-0.2, 0) is 23.8 Å². The fourth-order valence-corrected chi connectivity index (χ4v) is 5.68. The van der Waals surface area contributed by atoms with E-state index in [9.17, 15) is 19.8 Å². The summed E-state index contributed by atoms with van der Waals surface area (Å²) in [4.78, 5) is 24.3. The summed E-state index contributed by atoms with van der Waals surface area (Å²) in [5, 5.41) is 20.0. The Morgan fingerprint density at radius 2 is 1.68 bits per heavy atom. The summed E-state index contributed by atoms with van der Waals surface area (Å²) in [5.41, 5.74) is 0.166. The SMILES string of the molecule is CC[C@H](C)C(=O)O[C@H]1C[C@H](O)C=C2C=C[C@H](C)[C@H](CC[C@H](C[C@H](CC(=O)O)OC(C)(C)C)OC(C)(C)C)[C@H]21. The Hall–Kier alpha value is -1.70. The van der Waals surface area contributed by atoms with Crippen LogP contribution in [0.15, 0.2) is 23.8 Å². The van der Waals surface area contributed by atoms with Crippen LogP contribution >= 0.6 is 0 Å². The number of hydrogen-bond donors (Lipinski definition) is 2. The zero-order chi connectivity index (χ0) is 28.8. The second kappa shape index (κ2) is 13.6. The summed E-state index contributed by atoms with van der Waals surface area (Å²) in [6.07, 6.45) is 7.52. The largest absolute Gasteiger partial charge is 0.481 e. The van der Waals surface area contributed by atoms with Gasteiger partial charge in [-0.25, -0.2) is 0 Å². The van der Waals surface area contributed by atoms with E-state index >= 15 is 0 Å². The minimum atomic E-state index is -0.888. The van der Waals surface area contributed by atoms with Crippen LogP contribution in [0, 0.1) is 23.7 Å². The Morgan fingerprint density at radius 1 is 1.08 bits per heavy atom. The molecule has 8 atom stereocenters. The third-order valence-corrected chi connectivity index (χ3v) is 7.45. The number of esters is 1. The maximum atomic E-state index is 12.7. The summed E-state index contributed by atoms with van der Waals surface area (Å²) in [6, 6.07) is 0. The molecule has 0 aromatic heterocycles. The lowest BCUT2D eigenvalue weighted by Gasteiger charge is -2.43. The fourth-order valence-electron chi connectivity index (χ4n) is 5.68. The highest BCUT2D eigenvalue weighted by atomic mass is 16.5. The maximum Gasteiger partial charge on any atom is 0.308 e. The molecule has 7 nitrogen and oxygen atoms in total. The number of aliphatic hydroxyl groups excluding tert-OH is 1. The Labute approximate surface area is 230 Å². The van der Waals surface area contributed by atoms with Gasteiger partial charge < -0.3 is 24.4 Å². The Kier molecular flexibility index (Phi) is 11.6. The van der Waals surface area contributed by atoms with Crippen molar-refractivity contribution in [3.8, 4) is 0 Å². The van der Waals surface area contributed by atoms with Crippen molar-refractivity contribution in [1.29, 1.82) is 0 Å². The van der Waals surface area contributed by atoms with Crippen molar-refractivity contribution in [3.05, 3.63) is 23.8 Å². The Morgan fingerprint density at radius 3 is 2.24 bits per heavy atom. The van der Waals surface area contributed by atoms with Crippen LogP contribution in [0.4, 0.5) is 0 Å². The summed E-state index contributed by atoms with van der Waals surface area (Å²) in [5.74, 6) is -0.829. The predicted octanol–water partition coefficient (Wildman–Crippen LogP) is 6.09. The standard InChI is InChI=1S/C31H52O7/c1-10-19(2)29(35)36-26-16-22(32)15-21-12-11-20(3)25(28(21)26)14-13-23(37-30(4,5)6)17-24(18-27(33)34)38-31(7,8)9/h11-12,15,19-20,22-26,28,32H,10,13-14,16-18H2,1-9H3,(H,33,34)/t19-,20-,22+,23+,24+,25-,26-,28-/m0/s1. The molecular weight excluding hydrogens is 484 g/mol. The number of carbonyl (C=O) groups is 2. The van der Waals surface area contributed by atoms with Gasteiger partial charge in [0.1, 0.15) is 6.10 Å². The van der Waals surface area contributed by atoms with Crippen LogP contribution in [0.3, 0.4) is 0 Å². The maximum absolute atomic E-state index is 12.7. The number of ether oxygens (including phenoxy) is 3. The average molecular weight is 537 g/mol. The minimum Gasteiger partial charge on any atom is -0.481 e. The number of fused-ring (bicyclic) bond motifs is 1. The number of allylic oxidation sites excluding steroid dienone is 2. The molecule has 0 unspecified atom stereocenters. The second-order valence-corrected chi connectivity index (χ2v) is 13.3. The number of rotatable bonds is 12. The molecule has 0 bridgehead atoms. The van der Waals surface area contributed by atoms with Crippen molar-refractivity contribution in [2.24, 2.45) is 23.7 Å². The van der Waals surface area contributed by atoms with Gasteiger partial charge in [0.15, 0.2) is 0 Å². The first kappa shape index (κ1) is 32.5. The van der Waals surface area contributed by atoms with Crippen molar-refractivity contribution < 1.29 is 34.0 Å². The highest BCUT2D eigenvalue weighted by Crippen LogP contribution is 2.44. The molecule has 2 aliphatic rings. The number of carbonyl (C=O) groups excluding carboxylic acids is 1. The van der Waals surface area contributed by atoms with Crippen LogP contribution in [0.2, 0.25) is 0 Å². The van der Waals surface area contributed by atoms with E-state index in [-0.39, 0.29) is 48.3 Å². The van der Waals surface area contributed by atoms with Crippen molar-refractivity contribution in [2.45, 2.75) is 136 Å². The number of carboxylic acid groups (broad SMARTS) is 1. The van der Waals surface area contributed by atoms with E-state index in [0.29, 0.717) is 19.3 Å². The third kappa shape index (κ3) is 10.5. The van der Waals surface area contributed by atoms with Gasteiger partial charge >= 0.3 is 11.9 Å². The van der Waals surface area contributed by atoms with E-state index in [1.54, 1.807) is 0 Å². The third-order valence-electron chi connectivity index (χ3n) is 7.45. The lowest BCUT2D eigenvalue weighted by atomic mass is 9.66. The van der Waals surface area contributed by atoms with Gasteiger partial charge in [-0.1, -0.05) is 39.0 Å². The van der Waals surface area contributed by atoms with Gasteiger partial charge in [0, 0.05) is 18.8 Å². The van der Waals surface area contributed by atoms with Crippen LogP contribution in [0.25, 0.3) is 0 Å². The molecule has 7 heteroatoms. The zero-order valence-corrected chi connectivity index (χ0v) is 25.0. The van der Waals surface area contributed by atoms with Crippen LogP contribution < -0.4 is 0 Å². The smallest absolute Gasteiger partial charge is 0.308 e. The minimum absolute atomic E-state index is 0.00216. The van der Waals surface area contributed by atoms with Crippen molar-refractivity contribution in [1.82, 2.24) is 0 Å². The van der Waals surface area contributed by atoms with E-state index in [1.165, 1.54) is 0 Å². The highest BCUT2D eigenvalue weighted by Gasteiger charge is 2.42. The Bertz CT molecular complexity index is 847. The summed E-state index contributed by atoms with van der Waals surface area (Å²) >= 11 is 0. The molecule has 0 aromatic rings. The number of carboxylic acids is 1. The summed E-state index contributed by atoms with van der Waals surface area (Å²) < 4.78 is 18.6. The van der Waals surface area contributed by atoms with Crippen LogP contribution in [0.5, 0.6) is 0 Å². The zero-order valence-electron chi connectivity index (χ0n) is 25.0. The molecule has 0 saturated carbocycles. The molecule has 0 heterocycles. The normalized spacial score (nSPS) is 28.2. The molecule has 0 fully saturated rings. The fraction of sp³-hybridized carbons (Fsp3) is 0.806. The number of hydrogen-bond acceptors (Lipinski definition) is 6. The van der Waals surface area contributed by atoms with Gasteiger partial charge in [-0.05, 0) is 78.2 Å². The molecule has 38 heavy (non-hydrogen) atoms. The van der Waals surface area contributed by atoms with Gasteiger partial charge in [-0.3, -0.25) is 9.59 Å². The molecular formula is C31H52O7. The topological polar surface area (TPSA) is 102 Å². The van der Waals surface area contributed by atoms with Crippen molar-refractivity contribution in [2.75, 3.05) is 0 Å². The van der Waals surface area contributed by atoms with Crippen LogP contribution in [0.1, 0.15) is 101 Å². The van der Waals surface area contributed by atoms with E-state index in [2.05, 4.69) is 19.1 Å². The van der Waals surface area contributed by atoms with Gasteiger partial charge in [-0.15, -0.1) is 0 Å². The predicted molar refractivity (Wildman–Crippen MR) is 149 cm³/mol. The molecule has 2 aliphatic carbocycles. The monoisotopic (exact) mass is 536 g/mol. The molecule has 0 saturated heterocycles. The molecule has 2 rings (SSSR count). The van der Waals surface area contributed by atoms with Crippen molar-refractivity contribution >= 4 is 11.9 Å². The molecule has 0 aromatic carbocycles. The quantitative estimate of drug-likeness (QED) is 0.291. The number of aliphatic hydroxyl groups is 1. The second-order valence-electron chi connectivity index (χ2n) is 13.3. The van der Waals surface area contributed by atoms with Gasteiger partial charge in [-0.2, -0.15) is 0 Å². The van der Waals surface area contributed by atoms with Crippen molar-refractivity contribution in [3.63, 3.8) is 0 Å². The first-order valence-corrected chi connectivity index (χ1v) is 14.3. The molecule has 0 spiro atoms. The summed E-state index contributed by atoms with van der Waals surface area (Å²) in [6.45, 7) is 17.9. The van der Waals surface area contributed by atoms with E-state index in [4.69, 9.17) is 14.2 Å². The molecule has 0 amide bonds. The van der Waals surface area contributed by atoms with E-state index in [0.717, 1.165) is 18.4 Å². The molecule has 218 valence electrons. The van der Waals surface area contributed by atoms with Crippen LogP contribution in [-0.4, -0.2) is 57.8 Å². The molecule has 0 radical (unpaired) electrons. The first-order valence-electron chi connectivity index (χ1n) is 14.3. The lowest BCUT2D eigenvalue weighted by Crippen LogP contribution is -2.43. The Balaban J connectivity index is 2.27. The number of aliphatic carboxylic acids is 1. The summed E-state index contributed by atoms with van der Waals surface area (Å²) in [7, 11) is 0. The van der Waals surface area contributed by atoms with Gasteiger partial charge in [0.25, 0.3) is 0 Å². The van der Waals surface area contributed by atoms with E-state index in [1.807, 2.05) is 61.5 Å². The van der Waals surface area contributed by atoms with Gasteiger partial charge in [0.2, 0.25) is 0 Å². The molecule has 2 N–H and O–H groups in total. The van der Waals surface area contributed by atoms with Gasteiger partial charge in [0.05, 0.1) is 41.9 Å². The highest BCUT2D eigenvalue weighted by molar-refractivity contribution is 5.72.